The maximum atomic E-state index is 12.8. The molecular formula is C23H22N4O2S2. The Kier molecular flexibility index (Phi) is 6.39. The molecule has 2 aromatic carbocycles. The van der Waals surface area contributed by atoms with Crippen molar-refractivity contribution in [2.24, 2.45) is 0 Å². The number of likely N-dealkylation sites (N-methyl/N-ethyl adjacent to an activating group) is 1. The van der Waals surface area contributed by atoms with Crippen molar-refractivity contribution in [2.75, 3.05) is 25.2 Å². The number of nitrogens with one attached hydrogen (secondary N) is 1. The van der Waals surface area contributed by atoms with Crippen LogP contribution in [0.15, 0.2) is 71.1 Å². The van der Waals surface area contributed by atoms with Gasteiger partial charge in [-0.05, 0) is 18.4 Å². The van der Waals surface area contributed by atoms with Gasteiger partial charge in [0.25, 0.3) is 0 Å². The van der Waals surface area contributed by atoms with E-state index in [1.807, 2.05) is 76.8 Å². The highest BCUT2D eigenvalue weighted by molar-refractivity contribution is 7.98. The van der Waals surface area contributed by atoms with Crippen molar-refractivity contribution in [2.45, 2.75) is 11.3 Å². The third-order valence-corrected chi connectivity index (χ3v) is 6.56. The van der Waals surface area contributed by atoms with Gasteiger partial charge in [-0.15, -0.1) is 23.1 Å². The molecule has 0 fully saturated rings. The predicted molar refractivity (Wildman–Crippen MR) is 127 cm³/mol. The molecular weight excluding hydrogens is 428 g/mol. The lowest BCUT2D eigenvalue weighted by molar-refractivity contribution is -0.132. The molecule has 0 spiro atoms. The Bertz CT molecular complexity index is 1220. The lowest BCUT2D eigenvalue weighted by Gasteiger charge is -2.17. The summed E-state index contributed by atoms with van der Waals surface area (Å²) in [5.41, 5.74) is 3.53. The van der Waals surface area contributed by atoms with Crippen molar-refractivity contribution < 1.29 is 9.59 Å². The number of nitrogens with zero attached hydrogens (tertiary/aromatic N) is 3. The number of thioether (sulfide) groups is 1. The van der Waals surface area contributed by atoms with E-state index in [0.717, 1.165) is 32.5 Å². The van der Waals surface area contributed by atoms with Crippen LogP contribution in [0.2, 0.25) is 0 Å². The summed E-state index contributed by atoms with van der Waals surface area (Å²) in [6.45, 7) is -0.00593. The van der Waals surface area contributed by atoms with Gasteiger partial charge in [-0.2, -0.15) is 0 Å². The summed E-state index contributed by atoms with van der Waals surface area (Å²) >= 11 is 3.07. The molecule has 0 unspecified atom stereocenters. The van der Waals surface area contributed by atoms with Gasteiger partial charge in [-0.25, -0.2) is 4.98 Å². The SMILES string of the molecule is CSc1ccccc1NC(=O)CN(C)C(=O)Cc1csc2nc(-c3ccccc3)cn12. The average molecular weight is 451 g/mol. The molecule has 2 aromatic heterocycles. The first kappa shape index (κ1) is 21.1. The van der Waals surface area contributed by atoms with Crippen LogP contribution in [0.3, 0.4) is 0 Å². The Morgan fingerprint density at radius 3 is 2.65 bits per heavy atom. The molecule has 1 N–H and O–H groups in total. The quantitative estimate of drug-likeness (QED) is 0.423. The van der Waals surface area contributed by atoms with E-state index in [2.05, 4.69) is 10.3 Å². The van der Waals surface area contributed by atoms with Crippen LogP contribution in [-0.2, 0) is 16.0 Å². The number of hydrogen-bond acceptors (Lipinski definition) is 5. The summed E-state index contributed by atoms with van der Waals surface area (Å²) < 4.78 is 1.95. The second kappa shape index (κ2) is 9.36. The van der Waals surface area contributed by atoms with Gasteiger partial charge in [0.2, 0.25) is 11.8 Å². The molecule has 0 aliphatic rings. The first-order valence-corrected chi connectivity index (χ1v) is 11.8. The predicted octanol–water partition coefficient (Wildman–Crippen LogP) is 4.42. The molecule has 6 nitrogen and oxygen atoms in total. The lowest BCUT2D eigenvalue weighted by atomic mass is 10.2. The fourth-order valence-electron chi connectivity index (χ4n) is 3.24. The van der Waals surface area contributed by atoms with Crippen LogP contribution >= 0.6 is 23.1 Å². The Morgan fingerprint density at radius 1 is 1.13 bits per heavy atom. The largest absolute Gasteiger partial charge is 0.336 e. The minimum absolute atomic E-state index is 0.00593. The van der Waals surface area contributed by atoms with Crippen molar-refractivity contribution in [1.29, 1.82) is 0 Å². The lowest BCUT2D eigenvalue weighted by Crippen LogP contribution is -2.36. The monoisotopic (exact) mass is 450 g/mol. The number of carbonyl (C=O) groups is 2. The van der Waals surface area contributed by atoms with Gasteiger partial charge in [0.05, 0.1) is 24.3 Å². The number of carbonyl (C=O) groups excluding carboxylic acids is 2. The average Bonchev–Trinajstić information content (AvgIpc) is 3.36. The van der Waals surface area contributed by atoms with E-state index in [-0.39, 0.29) is 24.8 Å². The summed E-state index contributed by atoms with van der Waals surface area (Å²) in [6, 6.07) is 17.6. The van der Waals surface area contributed by atoms with Crippen LogP contribution in [0.5, 0.6) is 0 Å². The third-order valence-electron chi connectivity index (χ3n) is 4.87. The highest BCUT2D eigenvalue weighted by Gasteiger charge is 2.17. The second-order valence-corrected chi connectivity index (χ2v) is 8.73. The Morgan fingerprint density at radius 2 is 1.87 bits per heavy atom. The zero-order valence-electron chi connectivity index (χ0n) is 17.2. The van der Waals surface area contributed by atoms with E-state index in [9.17, 15) is 9.59 Å². The number of imidazole rings is 1. The van der Waals surface area contributed by atoms with Crippen LogP contribution in [0.4, 0.5) is 5.69 Å². The molecule has 31 heavy (non-hydrogen) atoms. The van der Waals surface area contributed by atoms with Gasteiger partial charge < -0.3 is 10.2 Å². The Balaban J connectivity index is 1.41. The zero-order chi connectivity index (χ0) is 21.8. The second-order valence-electron chi connectivity index (χ2n) is 7.05. The van der Waals surface area contributed by atoms with Crippen molar-refractivity contribution in [1.82, 2.24) is 14.3 Å². The highest BCUT2D eigenvalue weighted by Crippen LogP contribution is 2.25. The number of thiazole rings is 1. The van der Waals surface area contributed by atoms with Crippen molar-refractivity contribution in [3.05, 3.63) is 71.9 Å². The van der Waals surface area contributed by atoms with Crippen LogP contribution in [0.1, 0.15) is 5.69 Å². The minimum Gasteiger partial charge on any atom is -0.336 e. The Hall–Kier alpha value is -3.10. The van der Waals surface area contributed by atoms with Gasteiger partial charge in [0.1, 0.15) is 0 Å². The summed E-state index contributed by atoms with van der Waals surface area (Å²) in [5, 5.41) is 4.83. The van der Waals surface area contributed by atoms with E-state index in [1.165, 1.54) is 16.2 Å². The van der Waals surface area contributed by atoms with Gasteiger partial charge in [-0.1, -0.05) is 42.5 Å². The first-order chi connectivity index (χ1) is 15.0. The van der Waals surface area contributed by atoms with E-state index in [0.29, 0.717) is 0 Å². The number of amides is 2. The van der Waals surface area contributed by atoms with Gasteiger partial charge >= 0.3 is 0 Å². The number of anilines is 1. The number of fused-ring (bicyclic) bond motifs is 1. The van der Waals surface area contributed by atoms with E-state index in [1.54, 1.807) is 18.8 Å². The van der Waals surface area contributed by atoms with E-state index in [4.69, 9.17) is 0 Å². The number of para-hydroxylation sites is 1. The third kappa shape index (κ3) is 4.81. The molecule has 8 heteroatoms. The fraction of sp³-hybridized carbons (Fsp3) is 0.174. The van der Waals surface area contributed by atoms with Gasteiger partial charge in [-0.3, -0.25) is 14.0 Å². The normalized spacial score (nSPS) is 10.9. The van der Waals surface area contributed by atoms with E-state index < -0.39 is 0 Å². The van der Waals surface area contributed by atoms with Crippen LogP contribution in [-0.4, -0.2) is 45.9 Å². The van der Waals surface area contributed by atoms with Crippen LogP contribution in [0, 0.1) is 0 Å². The molecule has 4 aromatic rings. The summed E-state index contributed by atoms with van der Waals surface area (Å²) in [4.78, 5) is 33.1. The molecule has 0 atom stereocenters. The molecule has 0 saturated heterocycles. The van der Waals surface area contributed by atoms with Gasteiger partial charge in [0, 0.05) is 34.8 Å². The topological polar surface area (TPSA) is 66.7 Å². The number of aromatic nitrogens is 2. The van der Waals surface area contributed by atoms with Crippen molar-refractivity contribution >= 4 is 45.6 Å². The summed E-state index contributed by atoms with van der Waals surface area (Å²) in [7, 11) is 1.65. The number of hydrogen-bond donors (Lipinski definition) is 1. The van der Waals surface area contributed by atoms with Crippen molar-refractivity contribution in [3.63, 3.8) is 0 Å². The highest BCUT2D eigenvalue weighted by atomic mass is 32.2. The molecule has 158 valence electrons. The number of rotatable bonds is 7. The molecule has 2 amide bonds. The molecule has 0 aliphatic carbocycles. The zero-order valence-corrected chi connectivity index (χ0v) is 18.9. The first-order valence-electron chi connectivity index (χ1n) is 9.73. The van der Waals surface area contributed by atoms with Crippen LogP contribution < -0.4 is 5.32 Å². The minimum atomic E-state index is -0.221. The molecule has 0 radical (unpaired) electrons. The standard InChI is InChI=1S/C23H22N4O2S2/c1-26(14-21(28)24-18-10-6-7-11-20(18)30-2)22(29)12-17-15-31-23-25-19(13-27(17)23)16-8-4-3-5-9-16/h3-11,13,15H,12,14H2,1-2H3,(H,24,28). The molecule has 0 saturated carbocycles. The van der Waals surface area contributed by atoms with E-state index >= 15 is 0 Å². The Labute approximate surface area is 188 Å². The molecule has 4 rings (SSSR count). The fourth-order valence-corrected chi connectivity index (χ4v) is 4.66. The summed E-state index contributed by atoms with van der Waals surface area (Å²) in [5.74, 6) is -0.343. The summed E-state index contributed by atoms with van der Waals surface area (Å²) in [6.07, 6.45) is 4.12. The maximum Gasteiger partial charge on any atom is 0.244 e. The van der Waals surface area contributed by atoms with Gasteiger partial charge in [0.15, 0.2) is 4.96 Å². The van der Waals surface area contributed by atoms with Crippen LogP contribution in [0.25, 0.3) is 16.2 Å². The number of benzene rings is 2. The maximum absolute atomic E-state index is 12.8. The van der Waals surface area contributed by atoms with Crippen molar-refractivity contribution in [3.8, 4) is 11.3 Å². The molecule has 0 aliphatic heterocycles. The smallest absolute Gasteiger partial charge is 0.244 e. The molecule has 2 heterocycles. The molecule has 0 bridgehead atoms.